The Hall–Kier alpha value is -6.04. The number of allylic oxidation sites excluding steroid dienone is 1. The summed E-state index contributed by atoms with van der Waals surface area (Å²) in [6.45, 7) is 15.1. The lowest BCUT2D eigenvalue weighted by molar-refractivity contribution is -0.125. The second-order valence-corrected chi connectivity index (χ2v) is 22.8. The van der Waals surface area contributed by atoms with Crippen molar-refractivity contribution < 1.29 is 32.9 Å². The molecule has 73 heavy (non-hydrogen) atoms. The lowest BCUT2D eigenvalue weighted by Gasteiger charge is -2.57. The van der Waals surface area contributed by atoms with Gasteiger partial charge in [0.1, 0.15) is 40.3 Å². The predicted molar refractivity (Wildman–Crippen MR) is 276 cm³/mol. The minimum absolute atomic E-state index is 0.00174. The molecule has 1 unspecified atom stereocenters. The number of aliphatic hydroxyl groups is 1. The van der Waals surface area contributed by atoms with E-state index in [2.05, 4.69) is 59.9 Å². The number of hydrogen-bond donors (Lipinski definition) is 3. The van der Waals surface area contributed by atoms with Crippen LogP contribution in [-0.4, -0.2) is 134 Å². The van der Waals surface area contributed by atoms with E-state index in [4.69, 9.17) is 9.72 Å². The Morgan fingerprint density at radius 1 is 0.890 bits per heavy atom. The summed E-state index contributed by atoms with van der Waals surface area (Å²) in [5, 5.41) is 31.7. The van der Waals surface area contributed by atoms with Crippen LogP contribution >= 0.6 is 0 Å². The summed E-state index contributed by atoms with van der Waals surface area (Å²) in [4.78, 5) is 35.9. The van der Waals surface area contributed by atoms with Gasteiger partial charge in [-0.3, -0.25) is 19.4 Å². The summed E-state index contributed by atoms with van der Waals surface area (Å²) in [6, 6.07) is 11.9. The van der Waals surface area contributed by atoms with Crippen molar-refractivity contribution in [3.8, 4) is 23.0 Å². The fraction of sp³-hybridized carbons (Fsp3) is 0.518. The molecule has 3 N–H and O–H groups in total. The van der Waals surface area contributed by atoms with Crippen LogP contribution in [0.25, 0.3) is 43.8 Å². The minimum Gasteiger partial charge on any atom is -0.508 e. The number of fused-ring (bicyclic) bond motifs is 3. The summed E-state index contributed by atoms with van der Waals surface area (Å²) < 4.78 is 57.1. The monoisotopic (exact) mass is 999 g/mol. The normalized spacial score (nSPS) is 24.1. The van der Waals surface area contributed by atoms with Crippen molar-refractivity contribution in [3.05, 3.63) is 84.3 Å². The highest BCUT2D eigenvalue weighted by atomic mass is 19.1. The Morgan fingerprint density at radius 3 is 2.41 bits per heavy atom. The molecular weight excluding hydrogens is 934 g/mol. The van der Waals surface area contributed by atoms with Gasteiger partial charge in [0.15, 0.2) is 5.82 Å². The molecule has 3 aromatic carbocycles. The number of amides is 1. The molecule has 0 radical (unpaired) electrons. The average molecular weight is 999 g/mol. The number of aromatic nitrogens is 5. The van der Waals surface area contributed by atoms with Crippen LogP contribution in [0.4, 0.5) is 24.7 Å². The molecule has 17 heteroatoms. The number of benzene rings is 3. The number of anilines is 2. The first-order valence-corrected chi connectivity index (χ1v) is 26.3. The highest BCUT2D eigenvalue weighted by molar-refractivity contribution is 6.02. The number of carbonyl (C=O) groups is 1. The first-order chi connectivity index (χ1) is 35.1. The first-order valence-electron chi connectivity index (χ1n) is 26.3. The SMILES string of the molecule is C=C1CCC(n2ncc3cc(N4CCN(CC5(F)CC6(CCN(CC7(COc8nc(N9CCC[C@@](C)(O)C9)c9cnc(-c%10cc(O)cc%11ccc(F)c(CC)c%10%11)c(F)c9n8)CC7)CC6)C5)CC4)ccc32)C(=O)N1. The molecule has 1 spiro atoms. The van der Waals surface area contributed by atoms with Gasteiger partial charge < -0.3 is 35.0 Å². The number of piperidine rings is 3. The van der Waals surface area contributed by atoms with Gasteiger partial charge in [0.05, 0.1) is 29.3 Å². The number of phenols is 1. The molecule has 1 amide bonds. The number of alkyl halides is 1. The van der Waals surface area contributed by atoms with E-state index < -0.39 is 22.9 Å². The third-order valence-electron chi connectivity index (χ3n) is 17.1. The van der Waals surface area contributed by atoms with Crippen molar-refractivity contribution in [2.75, 3.05) is 81.9 Å². The molecule has 2 atom stereocenters. The molecule has 3 aromatic heterocycles. The number of rotatable bonds is 12. The van der Waals surface area contributed by atoms with E-state index in [0.717, 1.165) is 100 Å². The molecule has 6 aromatic rings. The van der Waals surface area contributed by atoms with Crippen LogP contribution in [0.5, 0.6) is 11.8 Å². The molecule has 4 saturated heterocycles. The Bertz CT molecular complexity index is 3150. The fourth-order valence-electron chi connectivity index (χ4n) is 13.2. The molecular formula is C56H65F3N10O4. The number of halogens is 3. The third-order valence-corrected chi connectivity index (χ3v) is 17.1. The van der Waals surface area contributed by atoms with Crippen molar-refractivity contribution in [2.45, 2.75) is 102 Å². The van der Waals surface area contributed by atoms with Crippen LogP contribution in [0.2, 0.25) is 0 Å². The number of likely N-dealkylation sites (tertiary alicyclic amines) is 1. The van der Waals surface area contributed by atoms with E-state index in [1.54, 1.807) is 13.0 Å². The van der Waals surface area contributed by atoms with Gasteiger partial charge in [0.2, 0.25) is 5.91 Å². The third kappa shape index (κ3) is 9.13. The largest absolute Gasteiger partial charge is 0.508 e. The molecule has 12 rings (SSSR count). The van der Waals surface area contributed by atoms with Crippen molar-refractivity contribution in [1.82, 2.24) is 39.8 Å². The van der Waals surface area contributed by atoms with Gasteiger partial charge in [-0.1, -0.05) is 19.6 Å². The zero-order valence-corrected chi connectivity index (χ0v) is 41.9. The average Bonchev–Trinajstić information content (AvgIpc) is 4.00. The second kappa shape index (κ2) is 18.1. The molecule has 7 heterocycles. The van der Waals surface area contributed by atoms with E-state index in [9.17, 15) is 15.0 Å². The highest BCUT2D eigenvalue weighted by Crippen LogP contribution is 2.58. The zero-order chi connectivity index (χ0) is 50.4. The number of nitrogens with zero attached hydrogens (tertiary/aromatic N) is 9. The maximum absolute atomic E-state index is 17.2. The maximum Gasteiger partial charge on any atom is 0.319 e. The molecule has 6 aliphatic rings. The number of β-amino-alcohol motifs (C(OH)–C–C–N with tert-alkyl or cyclic N) is 1. The first kappa shape index (κ1) is 47.9. The number of aromatic hydroxyl groups is 1. The number of piperazine rings is 1. The quantitative estimate of drug-likeness (QED) is 0.108. The van der Waals surface area contributed by atoms with Crippen molar-refractivity contribution in [2.24, 2.45) is 10.8 Å². The van der Waals surface area contributed by atoms with Crippen molar-refractivity contribution >= 4 is 50.0 Å². The minimum atomic E-state index is -1.17. The van der Waals surface area contributed by atoms with Gasteiger partial charge in [0, 0.05) is 86.3 Å². The van der Waals surface area contributed by atoms with E-state index in [1.165, 1.54) is 24.4 Å². The summed E-state index contributed by atoms with van der Waals surface area (Å²) in [7, 11) is 0. The molecule has 14 nitrogen and oxygen atoms in total. The van der Waals surface area contributed by atoms with Gasteiger partial charge in [-0.05, 0) is 149 Å². The lowest BCUT2D eigenvalue weighted by atomic mass is 9.55. The summed E-state index contributed by atoms with van der Waals surface area (Å²) >= 11 is 0. The number of carbonyl (C=O) groups excluding carboxylic acids is 1. The second-order valence-electron chi connectivity index (χ2n) is 22.8. The van der Waals surface area contributed by atoms with Crippen LogP contribution in [-0.2, 0) is 11.2 Å². The summed E-state index contributed by atoms with van der Waals surface area (Å²) in [5.74, 6) is -0.888. The number of nitrogens with one attached hydrogen (secondary N) is 1. The molecule has 2 aliphatic carbocycles. The highest BCUT2D eigenvalue weighted by Gasteiger charge is 2.57. The molecule has 6 fully saturated rings. The molecule has 2 saturated carbocycles. The zero-order valence-electron chi connectivity index (χ0n) is 41.9. The van der Waals surface area contributed by atoms with Crippen LogP contribution in [0.15, 0.2) is 67.1 Å². The number of pyridine rings is 1. The van der Waals surface area contributed by atoms with Gasteiger partial charge in [-0.2, -0.15) is 15.1 Å². The van der Waals surface area contributed by atoms with E-state index in [1.807, 2.05) is 22.7 Å². The van der Waals surface area contributed by atoms with Crippen molar-refractivity contribution in [3.63, 3.8) is 0 Å². The van der Waals surface area contributed by atoms with Crippen LogP contribution < -0.4 is 19.9 Å². The lowest BCUT2D eigenvalue weighted by Crippen LogP contribution is -2.60. The van der Waals surface area contributed by atoms with Gasteiger partial charge >= 0.3 is 6.01 Å². The van der Waals surface area contributed by atoms with Gasteiger partial charge in [-0.15, -0.1) is 0 Å². The van der Waals surface area contributed by atoms with Crippen LogP contribution in [0.3, 0.4) is 0 Å². The van der Waals surface area contributed by atoms with Crippen molar-refractivity contribution in [1.29, 1.82) is 0 Å². The van der Waals surface area contributed by atoms with Crippen LogP contribution in [0, 0.1) is 22.5 Å². The number of aryl methyl sites for hydroxylation is 1. The Morgan fingerprint density at radius 2 is 1.67 bits per heavy atom. The number of phenolic OH excluding ortho intramolecular Hbond substituents is 1. The standard InChI is InChI=1S/C56H65F3N10O4/c1-4-40-43(57)9-7-36-25-39(70)26-41(46(36)40)48-47(58)49-42(28-60-48)50(68-17-5-12-53(3,72)31-68)64-52(63-49)73-34-55(13-14-55)32-65-18-15-54(16-19-65)29-56(59,30-54)33-66-20-22-67(23-21-66)38-8-11-44-37(24-38)27-61-69(44)45-10-6-35(2)62-51(45)71/h7-9,11,24-28,45,70,72H,2,4-6,10,12-23,29-34H2,1,3H3,(H,62,71)/t45?,53-/m1/s1. The van der Waals surface area contributed by atoms with E-state index in [-0.39, 0.29) is 57.9 Å². The number of ether oxygens (including phenoxy) is 1. The smallest absolute Gasteiger partial charge is 0.319 e. The maximum atomic E-state index is 17.2. The fourth-order valence-corrected chi connectivity index (χ4v) is 13.2. The van der Waals surface area contributed by atoms with Gasteiger partial charge in [-0.25, -0.2) is 13.2 Å². The summed E-state index contributed by atoms with van der Waals surface area (Å²) in [6.07, 6.45) is 11.6. The molecule has 4 aliphatic heterocycles. The Balaban J connectivity index is 0.675. The topological polar surface area (TPSA) is 148 Å². The summed E-state index contributed by atoms with van der Waals surface area (Å²) in [5.41, 5.74) is 1.18. The molecule has 0 bridgehead atoms. The van der Waals surface area contributed by atoms with E-state index in [0.29, 0.717) is 85.8 Å². The molecule has 384 valence electrons. The number of hydrogen-bond acceptors (Lipinski definition) is 12. The van der Waals surface area contributed by atoms with E-state index >= 15 is 13.2 Å². The Labute approximate surface area is 423 Å². The van der Waals surface area contributed by atoms with Crippen LogP contribution in [0.1, 0.15) is 89.7 Å². The van der Waals surface area contributed by atoms with Gasteiger partial charge in [0.25, 0.3) is 0 Å². The Kier molecular flexibility index (Phi) is 11.9. The predicted octanol–water partition coefficient (Wildman–Crippen LogP) is 8.62.